The molecule has 0 aromatic carbocycles. The highest BCUT2D eigenvalue weighted by Gasteiger charge is 2.34. The maximum absolute atomic E-state index is 12.8. The molecule has 0 spiro atoms. The van der Waals surface area contributed by atoms with E-state index in [-0.39, 0.29) is 6.42 Å². The minimum Gasteiger partial charge on any atom is -0.480 e. The molecule has 0 saturated heterocycles. The first kappa shape index (κ1) is 27.0. The highest BCUT2D eigenvalue weighted by molar-refractivity contribution is 5.94. The van der Waals surface area contributed by atoms with Gasteiger partial charge >= 0.3 is 5.97 Å². The van der Waals surface area contributed by atoms with Crippen LogP contribution in [0.3, 0.4) is 0 Å². The molecular formula is C19H32N6O7. The van der Waals surface area contributed by atoms with Gasteiger partial charge in [-0.05, 0) is 19.8 Å². The summed E-state index contributed by atoms with van der Waals surface area (Å²) in [5, 5.41) is 35.9. The van der Waals surface area contributed by atoms with Crippen molar-refractivity contribution in [1.29, 1.82) is 0 Å². The number of amides is 3. The third-order valence-corrected chi connectivity index (χ3v) is 4.73. The van der Waals surface area contributed by atoms with E-state index in [1.54, 1.807) is 13.8 Å². The fourth-order valence-corrected chi connectivity index (χ4v) is 2.73. The molecule has 0 aliphatic carbocycles. The summed E-state index contributed by atoms with van der Waals surface area (Å²) in [6, 6.07) is -5.22. The first-order valence-corrected chi connectivity index (χ1v) is 10.1. The number of nitrogens with zero attached hydrogens (tertiary/aromatic N) is 1. The third-order valence-electron chi connectivity index (χ3n) is 4.73. The van der Waals surface area contributed by atoms with E-state index in [0.29, 0.717) is 5.69 Å². The molecule has 1 heterocycles. The Bertz CT molecular complexity index is 781. The van der Waals surface area contributed by atoms with Gasteiger partial charge in [-0.15, -0.1) is 0 Å². The zero-order valence-electron chi connectivity index (χ0n) is 18.4. The number of aliphatic hydroxyl groups is 2. The highest BCUT2D eigenvalue weighted by Crippen LogP contribution is 2.07. The van der Waals surface area contributed by atoms with Gasteiger partial charge in [0.1, 0.15) is 24.2 Å². The number of imidazole rings is 1. The summed E-state index contributed by atoms with van der Waals surface area (Å²) < 4.78 is 0. The van der Waals surface area contributed by atoms with Crippen LogP contribution >= 0.6 is 0 Å². The van der Waals surface area contributed by atoms with Gasteiger partial charge in [0.15, 0.2) is 0 Å². The fraction of sp³-hybridized carbons (Fsp3) is 0.632. The lowest BCUT2D eigenvalue weighted by atomic mass is 10.0. The summed E-state index contributed by atoms with van der Waals surface area (Å²) in [4.78, 5) is 55.7. The molecule has 1 aromatic heterocycles. The zero-order chi connectivity index (χ0) is 24.6. The molecule has 3 amide bonds. The zero-order valence-corrected chi connectivity index (χ0v) is 18.4. The van der Waals surface area contributed by atoms with Gasteiger partial charge in [-0.2, -0.15) is 0 Å². The number of hydrogen-bond donors (Lipinski definition) is 8. The molecule has 180 valence electrons. The second kappa shape index (κ2) is 12.1. The van der Waals surface area contributed by atoms with Crippen LogP contribution in [0.1, 0.15) is 33.4 Å². The van der Waals surface area contributed by atoms with Crippen LogP contribution in [0, 0.1) is 5.92 Å². The Morgan fingerprint density at radius 3 is 1.97 bits per heavy atom. The Balaban J connectivity index is 2.91. The van der Waals surface area contributed by atoms with Crippen molar-refractivity contribution in [2.75, 3.05) is 0 Å². The van der Waals surface area contributed by atoms with E-state index >= 15 is 0 Å². The molecule has 0 aliphatic heterocycles. The Kier molecular flexibility index (Phi) is 10.2. The van der Waals surface area contributed by atoms with Crippen molar-refractivity contribution < 1.29 is 34.5 Å². The summed E-state index contributed by atoms with van der Waals surface area (Å²) in [5.74, 6) is -4.22. The van der Waals surface area contributed by atoms with Crippen molar-refractivity contribution >= 4 is 23.7 Å². The number of nitrogens with one attached hydrogen (secondary N) is 4. The number of aliphatic carboxylic acids is 1. The van der Waals surface area contributed by atoms with E-state index in [1.165, 1.54) is 26.4 Å². The molecule has 1 aromatic rings. The van der Waals surface area contributed by atoms with Crippen molar-refractivity contribution in [2.45, 2.75) is 70.5 Å². The highest BCUT2D eigenvalue weighted by atomic mass is 16.4. The van der Waals surface area contributed by atoms with E-state index in [9.17, 15) is 34.5 Å². The number of hydrogen-bond acceptors (Lipinski definition) is 8. The molecule has 1 rings (SSSR count). The molecule has 6 unspecified atom stereocenters. The lowest BCUT2D eigenvalue weighted by molar-refractivity contribution is -0.142. The normalized spacial score (nSPS) is 16.9. The van der Waals surface area contributed by atoms with Crippen LogP contribution in [-0.2, 0) is 25.6 Å². The number of carboxylic acid groups (broad SMARTS) is 1. The van der Waals surface area contributed by atoms with E-state index in [1.807, 2.05) is 0 Å². The van der Waals surface area contributed by atoms with Crippen LogP contribution < -0.4 is 21.7 Å². The number of rotatable bonds is 12. The summed E-state index contributed by atoms with van der Waals surface area (Å²) in [5.41, 5.74) is 6.04. The van der Waals surface area contributed by atoms with Crippen LogP contribution in [0.5, 0.6) is 0 Å². The van der Waals surface area contributed by atoms with Gasteiger partial charge in [0, 0.05) is 18.3 Å². The molecule has 6 atom stereocenters. The van der Waals surface area contributed by atoms with E-state index < -0.39 is 66.0 Å². The fourth-order valence-electron chi connectivity index (χ4n) is 2.73. The quantitative estimate of drug-likeness (QED) is 0.163. The molecular weight excluding hydrogens is 424 g/mol. The van der Waals surface area contributed by atoms with Crippen molar-refractivity contribution in [2.24, 2.45) is 11.7 Å². The Morgan fingerprint density at radius 2 is 1.53 bits per heavy atom. The van der Waals surface area contributed by atoms with Gasteiger partial charge in [-0.1, -0.05) is 13.8 Å². The molecule has 0 radical (unpaired) electrons. The Hall–Kier alpha value is -3.03. The molecule has 0 fully saturated rings. The largest absolute Gasteiger partial charge is 0.480 e. The maximum Gasteiger partial charge on any atom is 0.326 e. The number of carbonyl (C=O) groups is 4. The third kappa shape index (κ3) is 7.90. The van der Waals surface area contributed by atoms with E-state index in [0.717, 1.165) is 0 Å². The van der Waals surface area contributed by atoms with Gasteiger partial charge in [0.05, 0.1) is 18.5 Å². The van der Waals surface area contributed by atoms with Crippen LogP contribution in [-0.4, -0.2) is 85.4 Å². The van der Waals surface area contributed by atoms with Crippen LogP contribution in [0.15, 0.2) is 12.5 Å². The standard InChI is InChI=1S/C19H32N6O7/c1-8(2)14(17(29)23-12(19(31)32)5-11-6-21-7-22-11)24-18(30)15(10(4)27)25-16(28)13(20)9(3)26/h6-10,12-15,26-27H,5,20H2,1-4H3,(H,21,22)(H,23,29)(H,24,30)(H,25,28)(H,31,32). The van der Waals surface area contributed by atoms with Crippen molar-refractivity contribution in [1.82, 2.24) is 25.9 Å². The number of aromatic nitrogens is 2. The summed E-state index contributed by atoms with van der Waals surface area (Å²) in [7, 11) is 0. The lowest BCUT2D eigenvalue weighted by Crippen LogP contribution is -2.61. The minimum absolute atomic E-state index is 0.0522. The van der Waals surface area contributed by atoms with Crippen molar-refractivity contribution in [3.8, 4) is 0 Å². The monoisotopic (exact) mass is 456 g/mol. The van der Waals surface area contributed by atoms with Gasteiger partial charge in [-0.3, -0.25) is 14.4 Å². The molecule has 0 bridgehead atoms. The summed E-state index contributed by atoms with van der Waals surface area (Å²) >= 11 is 0. The number of H-pyrrole nitrogens is 1. The molecule has 9 N–H and O–H groups in total. The number of nitrogens with two attached hydrogens (primary N) is 1. The first-order chi connectivity index (χ1) is 14.8. The van der Waals surface area contributed by atoms with Crippen LogP contribution in [0.4, 0.5) is 0 Å². The number of carboxylic acids is 1. The maximum atomic E-state index is 12.8. The van der Waals surface area contributed by atoms with Crippen molar-refractivity contribution in [3.05, 3.63) is 18.2 Å². The van der Waals surface area contributed by atoms with Gasteiger partial charge < -0.3 is 42.0 Å². The lowest BCUT2D eigenvalue weighted by Gasteiger charge is -2.28. The first-order valence-electron chi connectivity index (χ1n) is 10.1. The molecule has 13 heteroatoms. The molecule has 0 saturated carbocycles. The van der Waals surface area contributed by atoms with Gasteiger partial charge in [0.2, 0.25) is 17.7 Å². The van der Waals surface area contributed by atoms with Crippen LogP contribution in [0.2, 0.25) is 0 Å². The predicted octanol–water partition coefficient (Wildman–Crippen LogP) is -2.76. The van der Waals surface area contributed by atoms with Gasteiger partial charge in [0.25, 0.3) is 0 Å². The average Bonchev–Trinajstić information content (AvgIpc) is 3.20. The van der Waals surface area contributed by atoms with E-state index in [2.05, 4.69) is 25.9 Å². The number of aromatic amines is 1. The number of aliphatic hydroxyl groups excluding tert-OH is 2. The summed E-state index contributed by atoms with van der Waals surface area (Å²) in [6.07, 6.45) is 0.218. The van der Waals surface area contributed by atoms with Gasteiger partial charge in [-0.25, -0.2) is 9.78 Å². The number of carbonyl (C=O) groups excluding carboxylic acids is 3. The SMILES string of the molecule is CC(C)C(NC(=O)C(NC(=O)C(N)C(C)O)C(C)O)C(=O)NC(Cc1cnc[nH]1)C(=O)O. The Labute approximate surface area is 185 Å². The second-order valence-electron chi connectivity index (χ2n) is 7.90. The summed E-state index contributed by atoms with van der Waals surface area (Å²) in [6.45, 7) is 5.82. The van der Waals surface area contributed by atoms with Crippen LogP contribution in [0.25, 0.3) is 0 Å². The Morgan fingerprint density at radius 1 is 0.969 bits per heavy atom. The predicted molar refractivity (Wildman–Crippen MR) is 112 cm³/mol. The molecule has 13 nitrogen and oxygen atoms in total. The average molecular weight is 457 g/mol. The second-order valence-corrected chi connectivity index (χ2v) is 7.90. The van der Waals surface area contributed by atoms with Crippen molar-refractivity contribution in [3.63, 3.8) is 0 Å². The molecule has 32 heavy (non-hydrogen) atoms. The smallest absolute Gasteiger partial charge is 0.326 e. The van der Waals surface area contributed by atoms with E-state index in [4.69, 9.17) is 5.73 Å². The topological polar surface area (TPSA) is 220 Å². The minimum atomic E-state index is -1.46. The molecule has 0 aliphatic rings.